The average Bonchev–Trinajstić information content (AvgIpc) is 2.64. The van der Waals surface area contributed by atoms with Crippen LogP contribution in [0.3, 0.4) is 0 Å². The third kappa shape index (κ3) is 2.41. The Balaban J connectivity index is 2.50. The van der Waals surface area contributed by atoms with Crippen LogP contribution in [0.25, 0.3) is 11.3 Å². The minimum absolute atomic E-state index is 0.141. The molecule has 1 aromatic carbocycles. The molecule has 0 aliphatic rings. The number of halogens is 3. The average molecular weight is 283 g/mol. The van der Waals surface area contributed by atoms with E-state index in [2.05, 4.69) is 0 Å². The van der Waals surface area contributed by atoms with Crippen LogP contribution in [0.5, 0.6) is 0 Å². The first kappa shape index (κ1) is 14.2. The Labute approximate surface area is 113 Å². The molecule has 0 radical (unpaired) electrons. The third-order valence-corrected chi connectivity index (χ3v) is 3.15. The molecule has 0 saturated heterocycles. The smallest absolute Gasteiger partial charge is 0.416 e. The summed E-state index contributed by atoms with van der Waals surface area (Å²) >= 11 is 0. The maximum absolute atomic E-state index is 12.5. The number of carboxylic acids is 1. The van der Waals surface area contributed by atoms with E-state index in [1.807, 2.05) is 0 Å². The minimum atomic E-state index is -4.38. The van der Waals surface area contributed by atoms with Gasteiger partial charge in [0.25, 0.3) is 0 Å². The first-order valence-corrected chi connectivity index (χ1v) is 5.78. The van der Waals surface area contributed by atoms with Gasteiger partial charge in [-0.3, -0.25) is 0 Å². The summed E-state index contributed by atoms with van der Waals surface area (Å²) in [6.45, 7) is 1.64. The molecule has 1 N–H and O–H groups in total. The summed E-state index contributed by atoms with van der Waals surface area (Å²) < 4.78 is 39.1. The number of nitrogens with zero attached hydrogens (tertiary/aromatic N) is 1. The highest BCUT2D eigenvalue weighted by Crippen LogP contribution is 2.32. The van der Waals surface area contributed by atoms with Gasteiger partial charge in [-0.05, 0) is 30.2 Å². The predicted octanol–water partition coefficient (Wildman–Crippen LogP) is 3.72. The molecule has 1 heterocycles. The van der Waals surface area contributed by atoms with Crippen LogP contribution in [-0.2, 0) is 13.2 Å². The molecule has 6 heteroatoms. The number of aromatic carboxylic acids is 1. The van der Waals surface area contributed by atoms with Crippen molar-refractivity contribution in [3.8, 4) is 11.3 Å². The fourth-order valence-electron chi connectivity index (χ4n) is 2.20. The van der Waals surface area contributed by atoms with Crippen LogP contribution in [0.2, 0.25) is 0 Å². The molecule has 106 valence electrons. The van der Waals surface area contributed by atoms with Crippen molar-refractivity contribution in [2.24, 2.45) is 7.05 Å². The summed E-state index contributed by atoms with van der Waals surface area (Å²) in [5.41, 5.74) is 1.08. The molecule has 3 nitrogen and oxygen atoms in total. The molecule has 2 rings (SSSR count). The van der Waals surface area contributed by atoms with Crippen LogP contribution >= 0.6 is 0 Å². The summed E-state index contributed by atoms with van der Waals surface area (Å²) in [5, 5.41) is 9.04. The Morgan fingerprint density at radius 1 is 1.20 bits per heavy atom. The molecule has 0 spiro atoms. The monoisotopic (exact) mass is 283 g/mol. The first-order valence-electron chi connectivity index (χ1n) is 5.78. The summed E-state index contributed by atoms with van der Waals surface area (Å²) in [6.07, 6.45) is -2.93. The predicted molar refractivity (Wildman–Crippen MR) is 67.5 cm³/mol. The van der Waals surface area contributed by atoms with Crippen molar-refractivity contribution in [1.29, 1.82) is 0 Å². The molecule has 0 atom stereocenters. The lowest BCUT2D eigenvalue weighted by Crippen LogP contribution is -2.04. The first-order chi connectivity index (χ1) is 9.21. The Morgan fingerprint density at radius 2 is 1.75 bits per heavy atom. The lowest BCUT2D eigenvalue weighted by Gasteiger charge is -2.09. The maximum atomic E-state index is 12.5. The van der Waals surface area contributed by atoms with Crippen LogP contribution in [0, 0.1) is 6.92 Å². The van der Waals surface area contributed by atoms with Crippen molar-refractivity contribution in [3.63, 3.8) is 0 Å². The zero-order chi connectivity index (χ0) is 15.1. The molecule has 1 aromatic heterocycles. The van der Waals surface area contributed by atoms with E-state index >= 15 is 0 Å². The highest BCUT2D eigenvalue weighted by molar-refractivity contribution is 5.92. The maximum Gasteiger partial charge on any atom is 0.416 e. The topological polar surface area (TPSA) is 42.2 Å². The number of aromatic nitrogens is 1. The number of rotatable bonds is 2. The lowest BCUT2D eigenvalue weighted by molar-refractivity contribution is -0.137. The van der Waals surface area contributed by atoms with E-state index in [1.54, 1.807) is 18.5 Å². The van der Waals surface area contributed by atoms with Crippen molar-refractivity contribution in [2.75, 3.05) is 0 Å². The van der Waals surface area contributed by atoms with E-state index < -0.39 is 17.7 Å². The van der Waals surface area contributed by atoms with Gasteiger partial charge >= 0.3 is 12.1 Å². The standard InChI is InChI=1S/C14H12F3NO2/c1-8-11(13(19)20)7-18(2)12(8)9-3-5-10(6-4-9)14(15,16)17/h3-7H,1-2H3,(H,19,20). The highest BCUT2D eigenvalue weighted by atomic mass is 19.4. The number of carbonyl (C=O) groups is 1. The van der Waals surface area contributed by atoms with Crippen molar-refractivity contribution < 1.29 is 23.1 Å². The molecule has 20 heavy (non-hydrogen) atoms. The van der Waals surface area contributed by atoms with Gasteiger partial charge < -0.3 is 9.67 Å². The van der Waals surface area contributed by atoms with Gasteiger partial charge in [-0.25, -0.2) is 4.79 Å². The molecule has 0 amide bonds. The Kier molecular flexibility index (Phi) is 3.33. The van der Waals surface area contributed by atoms with Gasteiger partial charge in [0.05, 0.1) is 16.8 Å². The quantitative estimate of drug-likeness (QED) is 0.912. The highest BCUT2D eigenvalue weighted by Gasteiger charge is 2.30. The fraction of sp³-hybridized carbons (Fsp3) is 0.214. The second-order valence-corrected chi connectivity index (χ2v) is 4.51. The Hall–Kier alpha value is -2.24. The van der Waals surface area contributed by atoms with Crippen LogP contribution in [0.15, 0.2) is 30.5 Å². The van der Waals surface area contributed by atoms with Crippen LogP contribution < -0.4 is 0 Å². The van der Waals surface area contributed by atoms with Gasteiger partial charge in [-0.2, -0.15) is 13.2 Å². The molecule has 0 saturated carbocycles. The summed E-state index contributed by atoms with van der Waals surface area (Å²) in [5.74, 6) is -1.06. The van der Waals surface area contributed by atoms with Crippen LogP contribution in [0.4, 0.5) is 13.2 Å². The van der Waals surface area contributed by atoms with Gasteiger partial charge in [0.2, 0.25) is 0 Å². The largest absolute Gasteiger partial charge is 0.478 e. The third-order valence-electron chi connectivity index (χ3n) is 3.15. The van der Waals surface area contributed by atoms with Gasteiger partial charge in [0.1, 0.15) is 0 Å². The molecule has 0 fully saturated rings. The van der Waals surface area contributed by atoms with Crippen molar-refractivity contribution >= 4 is 5.97 Å². The summed E-state index contributed by atoms with van der Waals surface area (Å²) in [4.78, 5) is 11.0. The van der Waals surface area contributed by atoms with E-state index in [0.29, 0.717) is 16.8 Å². The van der Waals surface area contributed by atoms with Gasteiger partial charge in [-0.15, -0.1) is 0 Å². The zero-order valence-corrected chi connectivity index (χ0v) is 10.8. The number of hydrogen-bond donors (Lipinski definition) is 1. The van der Waals surface area contributed by atoms with E-state index in [0.717, 1.165) is 12.1 Å². The Bertz CT molecular complexity index is 654. The Morgan fingerprint density at radius 3 is 2.15 bits per heavy atom. The zero-order valence-electron chi connectivity index (χ0n) is 10.8. The lowest BCUT2D eigenvalue weighted by atomic mass is 10.0. The molecule has 0 bridgehead atoms. The van der Waals surface area contributed by atoms with Crippen molar-refractivity contribution in [3.05, 3.63) is 47.2 Å². The van der Waals surface area contributed by atoms with E-state index in [4.69, 9.17) is 5.11 Å². The molecule has 2 aromatic rings. The number of aryl methyl sites for hydroxylation is 1. The number of benzene rings is 1. The van der Waals surface area contributed by atoms with E-state index in [9.17, 15) is 18.0 Å². The molecular weight excluding hydrogens is 271 g/mol. The number of carboxylic acid groups (broad SMARTS) is 1. The van der Waals surface area contributed by atoms with E-state index in [-0.39, 0.29) is 5.56 Å². The van der Waals surface area contributed by atoms with Gasteiger partial charge in [0.15, 0.2) is 0 Å². The number of hydrogen-bond acceptors (Lipinski definition) is 1. The number of alkyl halides is 3. The summed E-state index contributed by atoms with van der Waals surface area (Å²) in [7, 11) is 1.66. The van der Waals surface area contributed by atoms with Crippen molar-refractivity contribution in [1.82, 2.24) is 4.57 Å². The van der Waals surface area contributed by atoms with Crippen LogP contribution in [0.1, 0.15) is 21.5 Å². The fourth-order valence-corrected chi connectivity index (χ4v) is 2.20. The molecule has 0 unspecified atom stereocenters. The minimum Gasteiger partial charge on any atom is -0.478 e. The molecule has 0 aliphatic carbocycles. The second-order valence-electron chi connectivity index (χ2n) is 4.51. The van der Waals surface area contributed by atoms with Crippen molar-refractivity contribution in [2.45, 2.75) is 13.1 Å². The van der Waals surface area contributed by atoms with E-state index in [1.165, 1.54) is 18.3 Å². The van der Waals surface area contributed by atoms with Gasteiger partial charge in [0, 0.05) is 13.2 Å². The normalized spacial score (nSPS) is 11.7. The summed E-state index contributed by atoms with van der Waals surface area (Å²) in [6, 6.07) is 4.66. The van der Waals surface area contributed by atoms with Gasteiger partial charge in [-0.1, -0.05) is 12.1 Å². The molecule has 0 aliphatic heterocycles. The second kappa shape index (κ2) is 4.70. The molecular formula is C14H12F3NO2. The SMILES string of the molecule is Cc1c(C(=O)O)cn(C)c1-c1ccc(C(F)(F)F)cc1. The van der Waals surface area contributed by atoms with Crippen LogP contribution in [-0.4, -0.2) is 15.6 Å².